The molecule has 0 aliphatic heterocycles. The highest BCUT2D eigenvalue weighted by atomic mass is 35.5. The van der Waals surface area contributed by atoms with Crippen LogP contribution in [0.25, 0.3) is 10.9 Å². The lowest BCUT2D eigenvalue weighted by Gasteiger charge is -2.05. The van der Waals surface area contributed by atoms with Crippen molar-refractivity contribution in [3.63, 3.8) is 0 Å². The molecular weight excluding hydrogens is 284 g/mol. The first-order valence-electron chi connectivity index (χ1n) is 6.90. The van der Waals surface area contributed by atoms with Gasteiger partial charge in [0, 0.05) is 18.0 Å². The van der Waals surface area contributed by atoms with E-state index < -0.39 is 0 Å². The van der Waals surface area contributed by atoms with Gasteiger partial charge in [0.15, 0.2) is 0 Å². The second kappa shape index (κ2) is 5.72. The zero-order valence-electron chi connectivity index (χ0n) is 11.6. The Morgan fingerprint density at radius 3 is 2.57 bits per heavy atom. The van der Waals surface area contributed by atoms with Crippen LogP contribution in [0.2, 0.25) is 5.02 Å². The van der Waals surface area contributed by atoms with Gasteiger partial charge in [-0.2, -0.15) is 0 Å². The standard InChI is InChI=1S/C17H15ClN2O/c18-15-7-3-1-6-14(15)17(21)20-11-12(9-10-19)13-5-2-4-8-16(13)20/h1-8,11H,9-10,19H2/p+1. The lowest BCUT2D eigenvalue weighted by molar-refractivity contribution is -0.366. The van der Waals surface area contributed by atoms with E-state index in [9.17, 15) is 4.79 Å². The highest BCUT2D eigenvalue weighted by molar-refractivity contribution is 6.34. The summed E-state index contributed by atoms with van der Waals surface area (Å²) in [5.74, 6) is -0.105. The first-order valence-corrected chi connectivity index (χ1v) is 7.27. The SMILES string of the molecule is [NH3+]CCc1cn(C(=O)c2ccccc2Cl)c2ccccc12. The molecule has 106 valence electrons. The fraction of sp³-hybridized carbons (Fsp3) is 0.118. The smallest absolute Gasteiger partial charge is 0.263 e. The van der Waals surface area contributed by atoms with Crippen molar-refractivity contribution in [2.24, 2.45) is 0 Å². The van der Waals surface area contributed by atoms with Crippen LogP contribution in [0.4, 0.5) is 0 Å². The third-order valence-electron chi connectivity index (χ3n) is 3.56. The van der Waals surface area contributed by atoms with Crippen molar-refractivity contribution in [1.82, 2.24) is 4.57 Å². The van der Waals surface area contributed by atoms with E-state index in [1.807, 2.05) is 42.6 Å². The zero-order valence-corrected chi connectivity index (χ0v) is 12.3. The summed E-state index contributed by atoms with van der Waals surface area (Å²) in [5, 5.41) is 1.57. The van der Waals surface area contributed by atoms with Crippen molar-refractivity contribution in [3.8, 4) is 0 Å². The van der Waals surface area contributed by atoms with E-state index in [4.69, 9.17) is 11.6 Å². The Morgan fingerprint density at radius 1 is 1.10 bits per heavy atom. The quantitative estimate of drug-likeness (QED) is 0.794. The third-order valence-corrected chi connectivity index (χ3v) is 3.89. The van der Waals surface area contributed by atoms with Crippen LogP contribution < -0.4 is 5.73 Å². The van der Waals surface area contributed by atoms with Gasteiger partial charge in [0.05, 0.1) is 22.6 Å². The number of fused-ring (bicyclic) bond motifs is 1. The van der Waals surface area contributed by atoms with Crippen LogP contribution in [0, 0.1) is 0 Å². The lowest BCUT2D eigenvalue weighted by Crippen LogP contribution is -2.51. The van der Waals surface area contributed by atoms with Crippen molar-refractivity contribution in [2.45, 2.75) is 6.42 Å². The van der Waals surface area contributed by atoms with Crippen molar-refractivity contribution >= 4 is 28.4 Å². The monoisotopic (exact) mass is 299 g/mol. The van der Waals surface area contributed by atoms with Gasteiger partial charge in [-0.3, -0.25) is 9.36 Å². The van der Waals surface area contributed by atoms with Crippen molar-refractivity contribution in [1.29, 1.82) is 0 Å². The lowest BCUT2D eigenvalue weighted by atomic mass is 10.1. The van der Waals surface area contributed by atoms with E-state index in [1.54, 1.807) is 16.7 Å². The fourth-order valence-corrected chi connectivity index (χ4v) is 2.79. The molecule has 0 amide bonds. The van der Waals surface area contributed by atoms with Crippen LogP contribution in [0.3, 0.4) is 0 Å². The van der Waals surface area contributed by atoms with Gasteiger partial charge in [-0.25, -0.2) is 0 Å². The average molecular weight is 300 g/mol. The molecule has 3 nitrogen and oxygen atoms in total. The minimum atomic E-state index is -0.105. The van der Waals surface area contributed by atoms with Gasteiger partial charge < -0.3 is 5.73 Å². The summed E-state index contributed by atoms with van der Waals surface area (Å²) in [4.78, 5) is 12.8. The van der Waals surface area contributed by atoms with Crippen LogP contribution >= 0.6 is 11.6 Å². The Hall–Kier alpha value is -2.10. The summed E-state index contributed by atoms with van der Waals surface area (Å²) in [6.45, 7) is 0.800. The van der Waals surface area contributed by atoms with Crippen molar-refractivity contribution in [3.05, 3.63) is 70.9 Å². The molecule has 2 aromatic carbocycles. The summed E-state index contributed by atoms with van der Waals surface area (Å²) in [6, 6.07) is 15.0. The summed E-state index contributed by atoms with van der Waals surface area (Å²) >= 11 is 6.14. The maximum Gasteiger partial charge on any atom is 0.263 e. The van der Waals surface area contributed by atoms with E-state index in [-0.39, 0.29) is 5.91 Å². The summed E-state index contributed by atoms with van der Waals surface area (Å²) in [5.41, 5.74) is 6.46. The second-order valence-corrected chi connectivity index (χ2v) is 5.34. The number of rotatable bonds is 3. The molecule has 0 fully saturated rings. The zero-order chi connectivity index (χ0) is 14.8. The number of quaternary nitrogens is 1. The Balaban J connectivity index is 2.17. The van der Waals surface area contributed by atoms with Gasteiger partial charge in [-0.15, -0.1) is 0 Å². The predicted octanol–water partition coefficient (Wildman–Crippen LogP) is 2.77. The molecule has 3 aromatic rings. The minimum Gasteiger partial charge on any atom is -0.357 e. The Labute approximate surface area is 127 Å². The molecule has 0 bridgehead atoms. The van der Waals surface area contributed by atoms with Crippen molar-refractivity contribution in [2.75, 3.05) is 6.54 Å². The molecule has 4 heteroatoms. The molecule has 1 heterocycles. The Kier molecular flexibility index (Phi) is 3.78. The van der Waals surface area contributed by atoms with Crippen LogP contribution in [0.1, 0.15) is 15.9 Å². The van der Waals surface area contributed by atoms with Gasteiger partial charge in [-0.05, 0) is 23.8 Å². The average Bonchev–Trinajstić information content (AvgIpc) is 2.87. The number of carbonyl (C=O) groups excluding carboxylic acids is 1. The highest BCUT2D eigenvalue weighted by Crippen LogP contribution is 2.24. The predicted molar refractivity (Wildman–Crippen MR) is 84.6 cm³/mol. The number of para-hydroxylation sites is 1. The first kappa shape index (κ1) is 13.9. The number of hydrogen-bond donors (Lipinski definition) is 1. The number of hydrogen-bond acceptors (Lipinski definition) is 1. The summed E-state index contributed by atoms with van der Waals surface area (Å²) in [7, 11) is 0. The maximum atomic E-state index is 12.8. The Morgan fingerprint density at radius 2 is 1.81 bits per heavy atom. The molecule has 0 saturated carbocycles. The van der Waals surface area contributed by atoms with Gasteiger partial charge in [0.25, 0.3) is 5.91 Å². The van der Waals surface area contributed by atoms with Crippen LogP contribution in [-0.2, 0) is 6.42 Å². The Bertz CT molecular complexity index is 807. The minimum absolute atomic E-state index is 0.105. The topological polar surface area (TPSA) is 49.6 Å². The number of nitrogens with zero attached hydrogens (tertiary/aromatic N) is 1. The molecule has 3 N–H and O–H groups in total. The molecule has 0 unspecified atom stereocenters. The van der Waals surface area contributed by atoms with E-state index in [2.05, 4.69) is 5.73 Å². The van der Waals surface area contributed by atoms with E-state index in [0.717, 1.165) is 29.4 Å². The first-order chi connectivity index (χ1) is 10.2. The van der Waals surface area contributed by atoms with E-state index in [1.165, 1.54) is 0 Å². The molecule has 1 aromatic heterocycles. The molecule has 0 radical (unpaired) electrons. The summed E-state index contributed by atoms with van der Waals surface area (Å²) in [6.07, 6.45) is 2.75. The number of benzene rings is 2. The van der Waals surface area contributed by atoms with Crippen LogP contribution in [0.15, 0.2) is 54.7 Å². The largest absolute Gasteiger partial charge is 0.357 e. The van der Waals surface area contributed by atoms with Gasteiger partial charge in [0.1, 0.15) is 0 Å². The molecule has 0 aliphatic rings. The van der Waals surface area contributed by atoms with Gasteiger partial charge in [0.2, 0.25) is 0 Å². The molecule has 3 rings (SSSR count). The fourth-order valence-electron chi connectivity index (χ4n) is 2.57. The third kappa shape index (κ3) is 2.46. The van der Waals surface area contributed by atoms with Crippen LogP contribution in [0.5, 0.6) is 0 Å². The normalized spacial score (nSPS) is 11.0. The molecule has 0 saturated heterocycles. The van der Waals surface area contributed by atoms with E-state index in [0.29, 0.717) is 10.6 Å². The highest BCUT2D eigenvalue weighted by Gasteiger charge is 2.16. The molecule has 0 spiro atoms. The molecule has 0 atom stereocenters. The second-order valence-electron chi connectivity index (χ2n) is 4.93. The summed E-state index contributed by atoms with van der Waals surface area (Å²) < 4.78 is 1.68. The van der Waals surface area contributed by atoms with E-state index >= 15 is 0 Å². The number of aromatic nitrogens is 1. The number of carbonyl (C=O) groups is 1. The molecule has 0 aliphatic carbocycles. The maximum absolute atomic E-state index is 12.8. The molecular formula is C17H16ClN2O+. The van der Waals surface area contributed by atoms with Crippen LogP contribution in [-0.4, -0.2) is 17.0 Å². The molecule has 21 heavy (non-hydrogen) atoms. The number of halogens is 1. The van der Waals surface area contributed by atoms with Gasteiger partial charge >= 0.3 is 0 Å². The van der Waals surface area contributed by atoms with Crippen molar-refractivity contribution < 1.29 is 10.5 Å². The van der Waals surface area contributed by atoms with Gasteiger partial charge in [-0.1, -0.05) is 41.9 Å².